The van der Waals surface area contributed by atoms with Gasteiger partial charge in [0.15, 0.2) is 5.58 Å². The van der Waals surface area contributed by atoms with Gasteiger partial charge in [-0.15, -0.1) is 0 Å². The number of nitrogens with zero attached hydrogens (tertiary/aromatic N) is 4. The van der Waals surface area contributed by atoms with Crippen molar-refractivity contribution in [3.05, 3.63) is 182 Å². The maximum absolute atomic E-state index is 6.83. The Morgan fingerprint density at radius 1 is 0.382 bits per heavy atom. The average molecular weight is 703 g/mol. The second kappa shape index (κ2) is 11.5. The lowest BCUT2D eigenvalue weighted by Crippen LogP contribution is -2.05. The Morgan fingerprint density at radius 2 is 0.982 bits per heavy atom. The normalized spacial score (nSPS) is 12.0. The number of hydrogen-bond acceptors (Lipinski definition) is 3. The van der Waals surface area contributed by atoms with Crippen LogP contribution in [0.1, 0.15) is 0 Å². The SMILES string of the molecule is c1ccc(-c2cccc(-n3c4ccccc4c4ccc5c6ccc7c8ccccc8oc7c6n(-c6nc(-c7ccccc7)c7ccccc7n6)c5c43)c2)cc1. The minimum atomic E-state index is 0.591. The van der Waals surface area contributed by atoms with Crippen LogP contribution < -0.4 is 0 Å². The number of benzene rings is 8. The highest BCUT2D eigenvalue weighted by Crippen LogP contribution is 2.45. The molecule has 256 valence electrons. The van der Waals surface area contributed by atoms with Crippen molar-refractivity contribution in [3.63, 3.8) is 0 Å². The Hall–Kier alpha value is -7.50. The summed E-state index contributed by atoms with van der Waals surface area (Å²) in [5.41, 5.74) is 12.1. The predicted molar refractivity (Wildman–Crippen MR) is 226 cm³/mol. The quantitative estimate of drug-likeness (QED) is 0.183. The summed E-state index contributed by atoms with van der Waals surface area (Å²) in [6.07, 6.45) is 0. The summed E-state index contributed by atoms with van der Waals surface area (Å²) in [5, 5.41) is 7.66. The van der Waals surface area contributed by atoms with Crippen LogP contribution in [0.25, 0.3) is 110 Å². The number of hydrogen-bond donors (Lipinski definition) is 0. The summed E-state index contributed by atoms with van der Waals surface area (Å²) < 4.78 is 11.5. The van der Waals surface area contributed by atoms with E-state index in [1.54, 1.807) is 0 Å². The van der Waals surface area contributed by atoms with Gasteiger partial charge in [-0.1, -0.05) is 146 Å². The first-order chi connectivity index (χ1) is 27.3. The Kier molecular flexibility index (Phi) is 6.27. The second-order valence-electron chi connectivity index (χ2n) is 14.2. The van der Waals surface area contributed by atoms with Crippen LogP contribution >= 0.6 is 0 Å². The van der Waals surface area contributed by atoms with Gasteiger partial charge in [-0.25, -0.2) is 9.97 Å². The van der Waals surface area contributed by atoms with Gasteiger partial charge in [0.25, 0.3) is 0 Å². The van der Waals surface area contributed by atoms with Crippen LogP contribution in [0.3, 0.4) is 0 Å². The molecular formula is C50H30N4O. The summed E-state index contributed by atoms with van der Waals surface area (Å²) in [6, 6.07) is 64.1. The topological polar surface area (TPSA) is 48.8 Å². The van der Waals surface area contributed by atoms with Crippen LogP contribution in [-0.2, 0) is 0 Å². The van der Waals surface area contributed by atoms with Crippen molar-refractivity contribution in [2.24, 2.45) is 0 Å². The van der Waals surface area contributed by atoms with Gasteiger partial charge in [0.1, 0.15) is 11.1 Å². The Morgan fingerprint density at radius 3 is 1.80 bits per heavy atom. The van der Waals surface area contributed by atoms with Gasteiger partial charge in [0.2, 0.25) is 5.95 Å². The fourth-order valence-electron chi connectivity index (χ4n) is 8.71. The molecule has 12 rings (SSSR count). The van der Waals surface area contributed by atoms with Gasteiger partial charge >= 0.3 is 0 Å². The molecule has 0 aliphatic carbocycles. The van der Waals surface area contributed by atoms with E-state index < -0.39 is 0 Å². The zero-order valence-electron chi connectivity index (χ0n) is 29.5. The lowest BCUT2D eigenvalue weighted by molar-refractivity contribution is 0.671. The molecule has 0 fully saturated rings. The highest BCUT2D eigenvalue weighted by Gasteiger charge is 2.26. The first-order valence-corrected chi connectivity index (χ1v) is 18.6. The average Bonchev–Trinajstić information content (AvgIpc) is 3.92. The van der Waals surface area contributed by atoms with Gasteiger partial charge in [-0.05, 0) is 47.5 Å². The first-order valence-electron chi connectivity index (χ1n) is 18.6. The highest BCUT2D eigenvalue weighted by atomic mass is 16.3. The maximum Gasteiger partial charge on any atom is 0.236 e. The van der Waals surface area contributed by atoms with Gasteiger partial charge in [-0.2, -0.15) is 0 Å². The molecule has 0 radical (unpaired) electrons. The Balaban J connectivity index is 1.30. The molecule has 0 spiro atoms. The van der Waals surface area contributed by atoms with Crippen LogP contribution in [0.4, 0.5) is 0 Å². The van der Waals surface area contributed by atoms with Crippen LogP contribution in [0.2, 0.25) is 0 Å². The number of fused-ring (bicyclic) bond motifs is 12. The van der Waals surface area contributed by atoms with E-state index in [0.29, 0.717) is 5.95 Å². The van der Waals surface area contributed by atoms with Crippen LogP contribution in [0.15, 0.2) is 186 Å². The molecule has 0 aliphatic rings. The molecule has 0 amide bonds. The molecule has 0 N–H and O–H groups in total. The van der Waals surface area contributed by atoms with Crippen LogP contribution in [0.5, 0.6) is 0 Å². The zero-order valence-corrected chi connectivity index (χ0v) is 29.5. The largest absolute Gasteiger partial charge is 0.454 e. The standard InChI is InChI=1S/C50H30N4O/c1-3-14-31(15-4-1)33-18-13-19-34(30-33)53-43-24-11-8-20-35(43)37-26-27-38-39-28-29-40-36-21-9-12-25-44(36)55-49(40)48(39)54(47(38)46(37)53)50-51-42-23-10-7-22-41(42)45(52-50)32-16-5-2-6-17-32/h1-30H. The smallest absolute Gasteiger partial charge is 0.236 e. The van der Waals surface area contributed by atoms with E-state index in [-0.39, 0.29) is 0 Å². The molecule has 4 heterocycles. The first kappa shape index (κ1) is 30.0. The summed E-state index contributed by atoms with van der Waals surface area (Å²) in [4.78, 5) is 10.9. The van der Waals surface area contributed by atoms with Crippen molar-refractivity contribution in [2.45, 2.75) is 0 Å². The number of rotatable bonds is 4. The second-order valence-corrected chi connectivity index (χ2v) is 14.2. The third-order valence-electron chi connectivity index (χ3n) is 11.1. The molecule has 0 atom stereocenters. The van der Waals surface area contributed by atoms with Gasteiger partial charge in [0, 0.05) is 49.0 Å². The molecule has 5 nitrogen and oxygen atoms in total. The minimum absolute atomic E-state index is 0.591. The Labute approximate surface area is 315 Å². The molecular weight excluding hydrogens is 673 g/mol. The molecule has 5 heteroatoms. The van der Waals surface area contributed by atoms with Crippen molar-refractivity contribution in [1.29, 1.82) is 0 Å². The highest BCUT2D eigenvalue weighted by molar-refractivity contribution is 6.27. The van der Waals surface area contributed by atoms with Crippen LogP contribution in [0, 0.1) is 0 Å². The van der Waals surface area contributed by atoms with Crippen molar-refractivity contribution < 1.29 is 4.42 Å². The van der Waals surface area contributed by atoms with Gasteiger partial charge in [-0.3, -0.25) is 4.57 Å². The molecule has 4 aromatic heterocycles. The summed E-state index contributed by atoms with van der Waals surface area (Å²) in [5.74, 6) is 0.591. The molecule has 0 saturated carbocycles. The van der Waals surface area contributed by atoms with E-state index in [9.17, 15) is 0 Å². The van der Waals surface area contributed by atoms with Crippen molar-refractivity contribution in [3.8, 4) is 34.0 Å². The summed E-state index contributed by atoms with van der Waals surface area (Å²) >= 11 is 0. The molecule has 8 aromatic carbocycles. The van der Waals surface area contributed by atoms with Crippen LogP contribution in [-0.4, -0.2) is 19.1 Å². The zero-order chi connectivity index (χ0) is 36.0. The number of para-hydroxylation sites is 3. The van der Waals surface area contributed by atoms with Gasteiger partial charge < -0.3 is 8.98 Å². The van der Waals surface area contributed by atoms with Gasteiger partial charge in [0.05, 0.1) is 27.8 Å². The van der Waals surface area contributed by atoms with Crippen molar-refractivity contribution in [1.82, 2.24) is 19.1 Å². The summed E-state index contributed by atoms with van der Waals surface area (Å²) in [7, 11) is 0. The predicted octanol–water partition coefficient (Wildman–Crippen LogP) is 13.1. The molecule has 55 heavy (non-hydrogen) atoms. The van der Waals surface area contributed by atoms with E-state index in [2.05, 4.69) is 167 Å². The number of furan rings is 1. The molecule has 12 aromatic rings. The van der Waals surface area contributed by atoms with E-state index in [0.717, 1.165) is 93.6 Å². The fraction of sp³-hybridized carbons (Fsp3) is 0. The molecule has 0 bridgehead atoms. The van der Waals surface area contributed by atoms with E-state index in [1.165, 1.54) is 10.9 Å². The van der Waals surface area contributed by atoms with E-state index >= 15 is 0 Å². The van der Waals surface area contributed by atoms with E-state index in [1.807, 2.05) is 24.3 Å². The monoisotopic (exact) mass is 702 g/mol. The molecule has 0 unspecified atom stereocenters. The third kappa shape index (κ3) is 4.35. The lowest BCUT2D eigenvalue weighted by Gasteiger charge is -2.14. The maximum atomic E-state index is 6.83. The lowest BCUT2D eigenvalue weighted by atomic mass is 10.1. The molecule has 0 aliphatic heterocycles. The van der Waals surface area contributed by atoms with Crippen molar-refractivity contribution in [2.75, 3.05) is 0 Å². The fourth-order valence-corrected chi connectivity index (χ4v) is 8.71. The Bertz CT molecular complexity index is 3480. The number of aromatic nitrogens is 4. The van der Waals surface area contributed by atoms with E-state index in [4.69, 9.17) is 14.4 Å². The molecule has 0 saturated heterocycles. The third-order valence-corrected chi connectivity index (χ3v) is 11.1. The minimum Gasteiger partial charge on any atom is -0.454 e. The summed E-state index contributed by atoms with van der Waals surface area (Å²) in [6.45, 7) is 0. The van der Waals surface area contributed by atoms with Crippen molar-refractivity contribution >= 4 is 76.5 Å².